The molecule has 28 heavy (non-hydrogen) atoms. The van der Waals surface area contributed by atoms with Crippen LogP contribution >= 0.6 is 15.9 Å². The molecule has 2 N–H and O–H groups in total. The van der Waals surface area contributed by atoms with E-state index in [0.717, 1.165) is 10.0 Å². The van der Waals surface area contributed by atoms with Gasteiger partial charge in [-0.1, -0.05) is 52.2 Å². The molecule has 8 heteroatoms. The number of carbonyl (C=O) groups is 2. The molecule has 0 bridgehead atoms. The summed E-state index contributed by atoms with van der Waals surface area (Å²) < 4.78 is 11.2. The molecule has 0 saturated carbocycles. The largest absolute Gasteiger partial charge is 0.480 e. The van der Waals surface area contributed by atoms with Crippen LogP contribution in [0.25, 0.3) is 0 Å². The summed E-state index contributed by atoms with van der Waals surface area (Å²) in [4.78, 5) is 23.4. The molecule has 0 fully saturated rings. The van der Waals surface area contributed by atoms with Crippen molar-refractivity contribution in [3.8, 4) is 18.1 Å². The van der Waals surface area contributed by atoms with Gasteiger partial charge < -0.3 is 14.8 Å². The van der Waals surface area contributed by atoms with Gasteiger partial charge in [0.1, 0.15) is 25.5 Å². The van der Waals surface area contributed by atoms with E-state index in [4.69, 9.17) is 15.9 Å². The van der Waals surface area contributed by atoms with Gasteiger partial charge in [-0.25, -0.2) is 10.2 Å². The summed E-state index contributed by atoms with van der Waals surface area (Å²) in [7, 11) is 0. The number of terminal acetylenes is 1. The average Bonchev–Trinajstić information content (AvgIpc) is 2.71. The van der Waals surface area contributed by atoms with Crippen molar-refractivity contribution in [2.75, 3.05) is 13.2 Å². The van der Waals surface area contributed by atoms with Crippen LogP contribution in [0.2, 0.25) is 0 Å². The molecule has 0 aliphatic heterocycles. The maximum Gasteiger partial charge on any atom is 0.407 e. The van der Waals surface area contributed by atoms with Crippen molar-refractivity contribution in [2.45, 2.75) is 6.61 Å². The van der Waals surface area contributed by atoms with Crippen molar-refractivity contribution < 1.29 is 19.1 Å². The predicted octanol–water partition coefficient (Wildman–Crippen LogP) is 2.84. The van der Waals surface area contributed by atoms with Crippen molar-refractivity contribution >= 4 is 34.1 Å². The molecule has 0 unspecified atom stereocenters. The van der Waals surface area contributed by atoms with Gasteiger partial charge in [0.15, 0.2) is 0 Å². The number of hydrazone groups is 1. The number of rotatable bonds is 8. The number of amides is 2. The second-order valence-corrected chi connectivity index (χ2v) is 6.30. The lowest BCUT2D eigenvalue weighted by Crippen LogP contribution is -2.35. The van der Waals surface area contributed by atoms with Crippen molar-refractivity contribution in [3.05, 3.63) is 64.1 Å². The topological polar surface area (TPSA) is 89.0 Å². The van der Waals surface area contributed by atoms with Gasteiger partial charge in [-0.3, -0.25) is 4.79 Å². The van der Waals surface area contributed by atoms with E-state index in [-0.39, 0.29) is 19.8 Å². The Labute approximate surface area is 171 Å². The third-order valence-corrected chi connectivity index (χ3v) is 3.78. The summed E-state index contributed by atoms with van der Waals surface area (Å²) in [5, 5.41) is 6.20. The summed E-state index contributed by atoms with van der Waals surface area (Å²) in [5.41, 5.74) is 3.79. The van der Waals surface area contributed by atoms with E-state index in [1.165, 1.54) is 6.21 Å². The fourth-order valence-electron chi connectivity index (χ4n) is 2.01. The van der Waals surface area contributed by atoms with Crippen LogP contribution in [0.1, 0.15) is 11.1 Å². The van der Waals surface area contributed by atoms with Crippen LogP contribution in [-0.4, -0.2) is 31.4 Å². The molecular formula is C20H18BrN3O4. The zero-order valence-corrected chi connectivity index (χ0v) is 16.4. The Balaban J connectivity index is 1.77. The highest BCUT2D eigenvalue weighted by Gasteiger charge is 2.06. The number of ether oxygens (including phenoxy) is 2. The SMILES string of the molecule is C#CCOc1ccc(Br)cc1/C=N\NC(=O)CNC(=O)OCc1ccccc1. The average molecular weight is 444 g/mol. The summed E-state index contributed by atoms with van der Waals surface area (Å²) in [5.74, 6) is 2.40. The molecule has 2 aromatic rings. The third-order valence-electron chi connectivity index (χ3n) is 3.28. The standard InChI is InChI=1S/C20H18BrN3O4/c1-2-10-27-18-9-8-17(21)11-16(18)12-23-24-19(25)13-22-20(26)28-14-15-6-4-3-5-7-15/h1,3-9,11-12H,10,13-14H2,(H,22,26)(H,24,25)/b23-12-. The molecule has 7 nitrogen and oxygen atoms in total. The summed E-state index contributed by atoms with van der Waals surface area (Å²) in [6.45, 7) is -0.0382. The third kappa shape index (κ3) is 7.51. The quantitative estimate of drug-likeness (QED) is 0.372. The molecule has 0 spiro atoms. The van der Waals surface area contributed by atoms with Gasteiger partial charge in [0, 0.05) is 10.0 Å². The van der Waals surface area contributed by atoms with Gasteiger partial charge in [-0.2, -0.15) is 5.10 Å². The number of hydrogen-bond donors (Lipinski definition) is 2. The number of halogens is 1. The minimum absolute atomic E-state index is 0.115. The van der Waals surface area contributed by atoms with Gasteiger partial charge in [-0.15, -0.1) is 6.42 Å². The Hall–Kier alpha value is -3.31. The molecular weight excluding hydrogens is 426 g/mol. The first-order valence-electron chi connectivity index (χ1n) is 8.20. The van der Waals surface area contributed by atoms with Crippen LogP contribution in [0.4, 0.5) is 4.79 Å². The summed E-state index contributed by atoms with van der Waals surface area (Å²) in [6.07, 6.45) is 5.91. The van der Waals surface area contributed by atoms with Gasteiger partial charge in [-0.05, 0) is 23.8 Å². The van der Waals surface area contributed by atoms with E-state index >= 15 is 0 Å². The highest BCUT2D eigenvalue weighted by Crippen LogP contribution is 2.21. The first-order valence-corrected chi connectivity index (χ1v) is 9.00. The van der Waals surface area contributed by atoms with Crippen LogP contribution in [0.15, 0.2) is 58.1 Å². The van der Waals surface area contributed by atoms with Gasteiger partial charge in [0.05, 0.1) is 6.21 Å². The highest BCUT2D eigenvalue weighted by molar-refractivity contribution is 9.10. The number of nitrogens with zero attached hydrogens (tertiary/aromatic N) is 1. The lowest BCUT2D eigenvalue weighted by atomic mass is 10.2. The summed E-state index contributed by atoms with van der Waals surface area (Å²) in [6, 6.07) is 14.5. The second-order valence-electron chi connectivity index (χ2n) is 5.38. The molecule has 0 heterocycles. The first kappa shape index (κ1) is 21.0. The Morgan fingerprint density at radius 1 is 1.21 bits per heavy atom. The molecule has 0 aliphatic rings. The highest BCUT2D eigenvalue weighted by atomic mass is 79.9. The molecule has 0 radical (unpaired) electrons. The van der Waals surface area contributed by atoms with E-state index < -0.39 is 12.0 Å². The summed E-state index contributed by atoms with van der Waals surface area (Å²) >= 11 is 3.35. The molecule has 144 valence electrons. The Morgan fingerprint density at radius 3 is 2.75 bits per heavy atom. The fourth-order valence-corrected chi connectivity index (χ4v) is 2.39. The number of alkyl carbamates (subject to hydrolysis) is 1. The lowest BCUT2D eigenvalue weighted by Gasteiger charge is -2.07. The van der Waals surface area contributed by atoms with Crippen molar-refractivity contribution in [2.24, 2.45) is 5.10 Å². The number of hydrogen-bond acceptors (Lipinski definition) is 5. The molecule has 2 aromatic carbocycles. The minimum atomic E-state index is -0.694. The van der Waals surface area contributed by atoms with Crippen LogP contribution < -0.4 is 15.5 Å². The minimum Gasteiger partial charge on any atom is -0.480 e. The van der Waals surface area contributed by atoms with Crippen molar-refractivity contribution in [1.82, 2.24) is 10.7 Å². The van der Waals surface area contributed by atoms with Crippen LogP contribution in [0.3, 0.4) is 0 Å². The molecule has 2 rings (SSSR count). The zero-order valence-electron chi connectivity index (χ0n) is 14.9. The van der Waals surface area contributed by atoms with Gasteiger partial charge in [0.2, 0.25) is 0 Å². The fraction of sp³-hybridized carbons (Fsp3) is 0.150. The Kier molecular flexibility index (Phi) is 8.56. The number of benzene rings is 2. The normalized spacial score (nSPS) is 10.1. The Morgan fingerprint density at radius 2 is 2.00 bits per heavy atom. The monoisotopic (exact) mass is 443 g/mol. The van der Waals surface area contributed by atoms with Gasteiger partial charge in [0.25, 0.3) is 5.91 Å². The molecule has 0 atom stereocenters. The van der Waals surface area contributed by atoms with E-state index in [2.05, 4.69) is 37.7 Å². The van der Waals surface area contributed by atoms with Gasteiger partial charge >= 0.3 is 6.09 Å². The molecule has 0 saturated heterocycles. The smallest absolute Gasteiger partial charge is 0.407 e. The second kappa shape index (κ2) is 11.4. The van der Waals surface area contributed by atoms with E-state index in [9.17, 15) is 9.59 Å². The van der Waals surface area contributed by atoms with Crippen LogP contribution in [0.5, 0.6) is 5.75 Å². The maximum atomic E-state index is 11.8. The van der Waals surface area contributed by atoms with E-state index in [1.54, 1.807) is 18.2 Å². The zero-order chi connectivity index (χ0) is 20.2. The molecule has 2 amide bonds. The van der Waals surface area contributed by atoms with E-state index in [1.807, 2.05) is 30.3 Å². The molecule has 0 aromatic heterocycles. The van der Waals surface area contributed by atoms with E-state index in [0.29, 0.717) is 11.3 Å². The number of carbonyl (C=O) groups excluding carboxylic acids is 2. The van der Waals surface area contributed by atoms with Crippen molar-refractivity contribution in [1.29, 1.82) is 0 Å². The maximum absolute atomic E-state index is 11.8. The first-order chi connectivity index (χ1) is 13.6. The lowest BCUT2D eigenvalue weighted by molar-refractivity contribution is -0.120. The van der Waals surface area contributed by atoms with Crippen LogP contribution in [-0.2, 0) is 16.1 Å². The Bertz CT molecular complexity index is 879. The van der Waals surface area contributed by atoms with Crippen LogP contribution in [0, 0.1) is 12.3 Å². The molecule has 0 aliphatic carbocycles. The van der Waals surface area contributed by atoms with Crippen molar-refractivity contribution in [3.63, 3.8) is 0 Å². The number of nitrogens with one attached hydrogen (secondary N) is 2. The predicted molar refractivity (Wildman–Crippen MR) is 109 cm³/mol.